The van der Waals surface area contributed by atoms with E-state index in [1.807, 2.05) is 31.2 Å². The molecular weight excluding hydrogens is 442 g/mol. The maximum atomic E-state index is 12.5. The molecule has 0 spiro atoms. The Morgan fingerprint density at radius 3 is 2.21 bits per heavy atom. The lowest BCUT2D eigenvalue weighted by Crippen LogP contribution is -2.42. The van der Waals surface area contributed by atoms with E-state index in [0.29, 0.717) is 13.1 Å². The second-order valence-electron chi connectivity index (χ2n) is 7.84. The molecule has 3 aromatic rings. The van der Waals surface area contributed by atoms with Gasteiger partial charge in [-0.1, -0.05) is 42.0 Å². The van der Waals surface area contributed by atoms with Crippen LogP contribution in [0.15, 0.2) is 77.7 Å². The van der Waals surface area contributed by atoms with Crippen molar-refractivity contribution in [1.29, 1.82) is 0 Å². The molecule has 3 aromatic carbocycles. The van der Waals surface area contributed by atoms with Crippen LogP contribution in [-0.4, -0.2) is 39.5 Å². The number of methoxy groups -OCH3 is 1. The van der Waals surface area contributed by atoms with Crippen molar-refractivity contribution in [3.63, 3.8) is 0 Å². The smallest absolute Gasteiger partial charge is 0.339 e. The van der Waals surface area contributed by atoms with Crippen molar-refractivity contribution < 1.29 is 26.9 Å². The third kappa shape index (κ3) is 5.53. The molecule has 4 rings (SSSR count). The summed E-state index contributed by atoms with van der Waals surface area (Å²) in [5.41, 5.74) is 2.79. The van der Waals surface area contributed by atoms with Gasteiger partial charge in [0.2, 0.25) is 5.91 Å². The number of carbonyl (C=O) groups excluding carboxylic acids is 1. The van der Waals surface area contributed by atoms with Crippen LogP contribution in [0.5, 0.6) is 11.5 Å². The first-order chi connectivity index (χ1) is 15.8. The molecule has 33 heavy (non-hydrogen) atoms. The molecule has 1 heterocycles. The van der Waals surface area contributed by atoms with Gasteiger partial charge in [-0.3, -0.25) is 4.79 Å². The number of benzene rings is 3. The molecule has 1 saturated heterocycles. The Balaban J connectivity index is 1.42. The lowest BCUT2D eigenvalue weighted by Gasteiger charge is -2.33. The highest BCUT2D eigenvalue weighted by molar-refractivity contribution is 7.87. The highest BCUT2D eigenvalue weighted by atomic mass is 32.2. The van der Waals surface area contributed by atoms with Gasteiger partial charge in [-0.15, -0.1) is 0 Å². The van der Waals surface area contributed by atoms with Crippen molar-refractivity contribution in [2.75, 3.05) is 20.3 Å². The van der Waals surface area contributed by atoms with E-state index in [1.54, 1.807) is 48.4 Å². The van der Waals surface area contributed by atoms with Crippen LogP contribution in [-0.2, 0) is 26.2 Å². The monoisotopic (exact) mass is 467 g/mol. The van der Waals surface area contributed by atoms with Crippen LogP contribution < -0.4 is 8.92 Å². The zero-order chi connectivity index (χ0) is 23.4. The van der Waals surface area contributed by atoms with Gasteiger partial charge in [0.25, 0.3) is 0 Å². The molecule has 8 heteroatoms. The first-order valence-electron chi connectivity index (χ1n) is 10.5. The van der Waals surface area contributed by atoms with Crippen LogP contribution in [0.2, 0.25) is 0 Å². The Morgan fingerprint density at radius 2 is 1.58 bits per heavy atom. The van der Waals surface area contributed by atoms with E-state index in [0.717, 1.165) is 22.4 Å². The van der Waals surface area contributed by atoms with Crippen molar-refractivity contribution in [3.8, 4) is 11.5 Å². The Hall–Kier alpha value is -3.36. The lowest BCUT2D eigenvalue weighted by atomic mass is 10.1. The lowest BCUT2D eigenvalue weighted by molar-refractivity contribution is -0.150. The van der Waals surface area contributed by atoms with Gasteiger partial charge in [-0.2, -0.15) is 8.42 Å². The number of hydrogen-bond acceptors (Lipinski definition) is 6. The Morgan fingerprint density at radius 1 is 0.939 bits per heavy atom. The quantitative estimate of drug-likeness (QED) is 0.491. The van der Waals surface area contributed by atoms with E-state index >= 15 is 0 Å². The summed E-state index contributed by atoms with van der Waals surface area (Å²) >= 11 is 0. The van der Waals surface area contributed by atoms with Crippen molar-refractivity contribution in [2.24, 2.45) is 0 Å². The van der Waals surface area contributed by atoms with Crippen LogP contribution in [0.25, 0.3) is 0 Å². The van der Waals surface area contributed by atoms with E-state index < -0.39 is 10.1 Å². The summed E-state index contributed by atoms with van der Waals surface area (Å²) in [6, 6.07) is 20.8. The average molecular weight is 468 g/mol. The van der Waals surface area contributed by atoms with Crippen LogP contribution in [0.1, 0.15) is 22.8 Å². The fourth-order valence-electron chi connectivity index (χ4n) is 3.54. The normalized spacial score (nSPS) is 16.5. The third-order valence-electron chi connectivity index (χ3n) is 5.45. The topological polar surface area (TPSA) is 82.1 Å². The number of morpholine rings is 1. The van der Waals surface area contributed by atoms with Crippen LogP contribution >= 0.6 is 0 Å². The van der Waals surface area contributed by atoms with E-state index in [1.165, 1.54) is 12.1 Å². The first kappa shape index (κ1) is 22.8. The Kier molecular flexibility index (Phi) is 6.67. The van der Waals surface area contributed by atoms with E-state index in [9.17, 15) is 13.2 Å². The molecule has 1 aliphatic rings. The molecule has 172 valence electrons. The second kappa shape index (κ2) is 9.64. The van der Waals surface area contributed by atoms with Crippen LogP contribution in [0.3, 0.4) is 0 Å². The molecule has 7 nitrogen and oxygen atoms in total. The summed E-state index contributed by atoms with van der Waals surface area (Å²) in [6.45, 7) is 2.74. The number of aryl methyl sites for hydroxylation is 1. The molecule has 0 aliphatic carbocycles. The third-order valence-corrected chi connectivity index (χ3v) is 6.71. The Labute approximate surface area is 193 Å². The van der Waals surface area contributed by atoms with Gasteiger partial charge in [0.05, 0.1) is 13.7 Å². The summed E-state index contributed by atoms with van der Waals surface area (Å²) < 4.78 is 41.2. The van der Waals surface area contributed by atoms with Crippen LogP contribution in [0.4, 0.5) is 0 Å². The van der Waals surface area contributed by atoms with Gasteiger partial charge >= 0.3 is 10.1 Å². The summed E-state index contributed by atoms with van der Waals surface area (Å²) in [7, 11) is -2.31. The SMILES string of the molecule is COc1ccc(CN2C[C@H](c3ccc(OS(=O)(=O)c4ccc(C)cc4)cc3)OCC2=O)cc1. The fraction of sp³-hybridized carbons (Fsp3) is 0.240. The minimum atomic E-state index is -3.92. The first-order valence-corrected chi connectivity index (χ1v) is 11.9. The minimum Gasteiger partial charge on any atom is -0.497 e. The standard InChI is InChI=1S/C25H25NO6S/c1-18-3-13-23(14-4-18)33(28,29)32-22-11-7-20(8-12-22)24-16-26(25(27)17-31-24)15-19-5-9-21(30-2)10-6-19/h3-14,24H,15-17H2,1-2H3/t24-/m1/s1. The van der Waals surface area contributed by atoms with Gasteiger partial charge in [-0.25, -0.2) is 0 Å². The number of ether oxygens (including phenoxy) is 2. The zero-order valence-electron chi connectivity index (χ0n) is 18.4. The Bertz CT molecular complexity index is 1210. The number of rotatable bonds is 7. The van der Waals surface area contributed by atoms with Crippen molar-refractivity contribution >= 4 is 16.0 Å². The van der Waals surface area contributed by atoms with Gasteiger partial charge < -0.3 is 18.6 Å². The van der Waals surface area contributed by atoms with Gasteiger partial charge in [-0.05, 0) is 54.4 Å². The van der Waals surface area contributed by atoms with Gasteiger partial charge in [0.1, 0.15) is 29.1 Å². The molecular formula is C25H25NO6S. The van der Waals surface area contributed by atoms with E-state index in [4.69, 9.17) is 13.7 Å². The molecule has 0 radical (unpaired) electrons. The predicted octanol–water partition coefficient (Wildman–Crippen LogP) is 3.87. The summed E-state index contributed by atoms with van der Waals surface area (Å²) in [6.07, 6.45) is -0.316. The molecule has 0 aromatic heterocycles. The number of carbonyl (C=O) groups is 1. The van der Waals surface area contributed by atoms with Crippen molar-refractivity contribution in [2.45, 2.75) is 24.5 Å². The number of nitrogens with zero attached hydrogens (tertiary/aromatic N) is 1. The molecule has 0 bridgehead atoms. The molecule has 1 aliphatic heterocycles. The highest BCUT2D eigenvalue weighted by Crippen LogP contribution is 2.27. The summed E-state index contributed by atoms with van der Waals surface area (Å²) in [5, 5.41) is 0. The van der Waals surface area contributed by atoms with E-state index in [2.05, 4.69) is 0 Å². The minimum absolute atomic E-state index is 0.0130. The molecule has 0 N–H and O–H groups in total. The van der Waals surface area contributed by atoms with Crippen molar-refractivity contribution in [3.05, 3.63) is 89.5 Å². The molecule has 1 atom stereocenters. The molecule has 0 unspecified atom stereocenters. The van der Waals surface area contributed by atoms with Crippen molar-refractivity contribution in [1.82, 2.24) is 4.90 Å². The molecule has 1 amide bonds. The highest BCUT2D eigenvalue weighted by Gasteiger charge is 2.27. The maximum absolute atomic E-state index is 12.5. The average Bonchev–Trinajstić information content (AvgIpc) is 2.81. The largest absolute Gasteiger partial charge is 0.497 e. The van der Waals surface area contributed by atoms with Crippen LogP contribution in [0, 0.1) is 6.92 Å². The van der Waals surface area contributed by atoms with Gasteiger partial charge in [0, 0.05) is 6.54 Å². The van der Waals surface area contributed by atoms with Gasteiger partial charge in [0.15, 0.2) is 0 Å². The molecule has 0 saturated carbocycles. The maximum Gasteiger partial charge on any atom is 0.339 e. The zero-order valence-corrected chi connectivity index (χ0v) is 19.2. The number of hydrogen-bond donors (Lipinski definition) is 0. The summed E-state index contributed by atoms with van der Waals surface area (Å²) in [4.78, 5) is 14.2. The fourth-order valence-corrected chi connectivity index (χ4v) is 4.47. The predicted molar refractivity (Wildman–Crippen MR) is 123 cm³/mol. The second-order valence-corrected chi connectivity index (χ2v) is 9.39. The summed E-state index contributed by atoms with van der Waals surface area (Å²) in [5.74, 6) is 0.893. The number of amides is 1. The molecule has 1 fully saturated rings. The van der Waals surface area contributed by atoms with E-state index in [-0.39, 0.29) is 29.3 Å².